The van der Waals surface area contributed by atoms with Gasteiger partial charge in [-0.1, -0.05) is 38.1 Å². The van der Waals surface area contributed by atoms with Crippen molar-refractivity contribution in [3.8, 4) is 11.5 Å². The molecule has 0 bridgehead atoms. The SMILES string of the molecule is CCOc1ccccc1C(=O)NNC(=O)COc1ccc(C(C)C)cc1. The third-order valence-corrected chi connectivity index (χ3v) is 3.66. The highest BCUT2D eigenvalue weighted by Crippen LogP contribution is 2.19. The number of amides is 2. The van der Waals surface area contributed by atoms with E-state index in [0.717, 1.165) is 0 Å². The Morgan fingerprint density at radius 3 is 2.31 bits per heavy atom. The third-order valence-electron chi connectivity index (χ3n) is 3.66. The van der Waals surface area contributed by atoms with Crippen LogP contribution in [0.1, 0.15) is 42.6 Å². The summed E-state index contributed by atoms with van der Waals surface area (Å²) in [4.78, 5) is 24.0. The Morgan fingerprint density at radius 1 is 0.962 bits per heavy atom. The number of rotatable bonds is 7. The number of hydrazine groups is 1. The lowest BCUT2D eigenvalue weighted by Crippen LogP contribution is -2.43. The van der Waals surface area contributed by atoms with Crippen molar-refractivity contribution >= 4 is 11.8 Å². The molecule has 2 amide bonds. The van der Waals surface area contributed by atoms with Crippen LogP contribution >= 0.6 is 0 Å². The molecule has 2 aromatic carbocycles. The predicted molar refractivity (Wildman–Crippen MR) is 99.2 cm³/mol. The number of hydrogen-bond donors (Lipinski definition) is 2. The van der Waals surface area contributed by atoms with Gasteiger partial charge in [0.25, 0.3) is 11.8 Å². The zero-order chi connectivity index (χ0) is 18.9. The summed E-state index contributed by atoms with van der Waals surface area (Å²) in [5.41, 5.74) is 6.23. The normalized spacial score (nSPS) is 10.3. The van der Waals surface area contributed by atoms with Crippen molar-refractivity contribution in [1.29, 1.82) is 0 Å². The number of benzene rings is 2. The number of carbonyl (C=O) groups excluding carboxylic acids is 2. The van der Waals surface area contributed by atoms with Crippen LogP contribution in [-0.4, -0.2) is 25.0 Å². The van der Waals surface area contributed by atoms with Crippen LogP contribution in [0.25, 0.3) is 0 Å². The molecular weight excluding hydrogens is 332 g/mol. The molecule has 0 aliphatic heterocycles. The van der Waals surface area contributed by atoms with Gasteiger partial charge in [-0.2, -0.15) is 0 Å². The number of para-hydroxylation sites is 1. The minimum absolute atomic E-state index is 0.200. The lowest BCUT2D eigenvalue weighted by Gasteiger charge is -2.12. The van der Waals surface area contributed by atoms with E-state index in [1.54, 1.807) is 24.3 Å². The summed E-state index contributed by atoms with van der Waals surface area (Å²) in [7, 11) is 0. The molecule has 2 rings (SSSR count). The van der Waals surface area contributed by atoms with Crippen molar-refractivity contribution in [2.24, 2.45) is 0 Å². The molecular formula is C20H24N2O4. The highest BCUT2D eigenvalue weighted by atomic mass is 16.5. The zero-order valence-electron chi connectivity index (χ0n) is 15.2. The molecule has 0 aliphatic rings. The highest BCUT2D eigenvalue weighted by molar-refractivity contribution is 5.97. The lowest BCUT2D eigenvalue weighted by molar-refractivity contribution is -0.123. The summed E-state index contributed by atoms with van der Waals surface area (Å²) in [5, 5.41) is 0. The van der Waals surface area contributed by atoms with Gasteiger partial charge in [0.1, 0.15) is 11.5 Å². The maximum atomic E-state index is 12.2. The van der Waals surface area contributed by atoms with Gasteiger partial charge >= 0.3 is 0 Å². The van der Waals surface area contributed by atoms with Gasteiger partial charge in [-0.15, -0.1) is 0 Å². The summed E-state index contributed by atoms with van der Waals surface area (Å²) in [6.45, 7) is 6.29. The topological polar surface area (TPSA) is 76.7 Å². The summed E-state index contributed by atoms with van der Waals surface area (Å²) < 4.78 is 10.8. The van der Waals surface area contributed by atoms with Gasteiger partial charge in [-0.25, -0.2) is 0 Å². The molecule has 0 saturated heterocycles. The van der Waals surface area contributed by atoms with E-state index in [-0.39, 0.29) is 6.61 Å². The van der Waals surface area contributed by atoms with Crippen LogP contribution in [0.2, 0.25) is 0 Å². The maximum Gasteiger partial charge on any atom is 0.276 e. The van der Waals surface area contributed by atoms with Crippen LogP contribution < -0.4 is 20.3 Å². The molecule has 0 spiro atoms. The smallest absolute Gasteiger partial charge is 0.276 e. The molecule has 0 aliphatic carbocycles. The number of nitrogens with one attached hydrogen (secondary N) is 2. The molecule has 0 unspecified atom stereocenters. The number of carbonyl (C=O) groups is 2. The van der Waals surface area contributed by atoms with Crippen molar-refractivity contribution in [3.05, 3.63) is 59.7 Å². The molecule has 0 heterocycles. The largest absolute Gasteiger partial charge is 0.493 e. The summed E-state index contributed by atoms with van der Waals surface area (Å²) in [5.74, 6) is 0.576. The Labute approximate surface area is 153 Å². The second-order valence-electron chi connectivity index (χ2n) is 5.94. The fraction of sp³-hybridized carbons (Fsp3) is 0.300. The van der Waals surface area contributed by atoms with E-state index in [1.165, 1.54) is 5.56 Å². The van der Waals surface area contributed by atoms with E-state index in [1.807, 2.05) is 31.2 Å². The summed E-state index contributed by atoms with van der Waals surface area (Å²) >= 11 is 0. The van der Waals surface area contributed by atoms with Crippen LogP contribution in [0.3, 0.4) is 0 Å². The van der Waals surface area contributed by atoms with E-state index >= 15 is 0 Å². The molecule has 2 aromatic rings. The van der Waals surface area contributed by atoms with E-state index in [2.05, 4.69) is 24.7 Å². The fourth-order valence-electron chi connectivity index (χ4n) is 2.26. The van der Waals surface area contributed by atoms with Crippen LogP contribution in [-0.2, 0) is 4.79 Å². The van der Waals surface area contributed by atoms with Gasteiger partial charge in [0.15, 0.2) is 6.61 Å². The fourth-order valence-corrected chi connectivity index (χ4v) is 2.26. The molecule has 0 saturated carbocycles. The highest BCUT2D eigenvalue weighted by Gasteiger charge is 2.13. The second-order valence-corrected chi connectivity index (χ2v) is 5.94. The Balaban J connectivity index is 1.82. The lowest BCUT2D eigenvalue weighted by atomic mass is 10.0. The Bertz CT molecular complexity index is 742. The molecule has 26 heavy (non-hydrogen) atoms. The standard InChI is InChI=1S/C20H24N2O4/c1-4-25-18-8-6-5-7-17(18)20(24)22-21-19(23)13-26-16-11-9-15(10-12-16)14(2)3/h5-12,14H,4,13H2,1-3H3,(H,21,23)(H,22,24). The first kappa shape index (κ1) is 19.3. The molecule has 6 heteroatoms. The Kier molecular flexibility index (Phi) is 7.02. The van der Waals surface area contributed by atoms with Crippen LogP contribution in [0.15, 0.2) is 48.5 Å². The van der Waals surface area contributed by atoms with E-state index in [0.29, 0.717) is 29.6 Å². The van der Waals surface area contributed by atoms with E-state index < -0.39 is 11.8 Å². The molecule has 0 radical (unpaired) electrons. The monoisotopic (exact) mass is 356 g/mol. The molecule has 138 valence electrons. The summed E-state index contributed by atoms with van der Waals surface area (Å²) in [6.07, 6.45) is 0. The minimum Gasteiger partial charge on any atom is -0.493 e. The van der Waals surface area contributed by atoms with Gasteiger partial charge in [-0.3, -0.25) is 20.4 Å². The number of hydrogen-bond acceptors (Lipinski definition) is 4. The molecule has 0 atom stereocenters. The third kappa shape index (κ3) is 5.51. The molecule has 6 nitrogen and oxygen atoms in total. The molecule has 0 aromatic heterocycles. The zero-order valence-corrected chi connectivity index (χ0v) is 15.2. The van der Waals surface area contributed by atoms with Crippen molar-refractivity contribution in [3.63, 3.8) is 0 Å². The van der Waals surface area contributed by atoms with Crippen molar-refractivity contribution in [1.82, 2.24) is 10.9 Å². The number of ether oxygens (including phenoxy) is 2. The maximum absolute atomic E-state index is 12.2. The van der Waals surface area contributed by atoms with Gasteiger partial charge in [0.05, 0.1) is 12.2 Å². The van der Waals surface area contributed by atoms with Crippen LogP contribution in [0.4, 0.5) is 0 Å². The van der Waals surface area contributed by atoms with Gasteiger partial charge < -0.3 is 9.47 Å². The Morgan fingerprint density at radius 2 is 1.65 bits per heavy atom. The van der Waals surface area contributed by atoms with Crippen molar-refractivity contribution < 1.29 is 19.1 Å². The van der Waals surface area contributed by atoms with E-state index in [9.17, 15) is 9.59 Å². The van der Waals surface area contributed by atoms with Crippen molar-refractivity contribution in [2.75, 3.05) is 13.2 Å². The van der Waals surface area contributed by atoms with Gasteiger partial charge in [-0.05, 0) is 42.7 Å². The van der Waals surface area contributed by atoms with Gasteiger partial charge in [0, 0.05) is 0 Å². The van der Waals surface area contributed by atoms with Crippen LogP contribution in [0, 0.1) is 0 Å². The van der Waals surface area contributed by atoms with E-state index in [4.69, 9.17) is 9.47 Å². The Hall–Kier alpha value is -3.02. The first-order chi connectivity index (χ1) is 12.5. The predicted octanol–water partition coefficient (Wildman–Crippen LogP) is 3.05. The molecule has 0 fully saturated rings. The first-order valence-corrected chi connectivity index (χ1v) is 8.55. The minimum atomic E-state index is -0.458. The second kappa shape index (κ2) is 9.46. The quantitative estimate of drug-likeness (QED) is 0.748. The van der Waals surface area contributed by atoms with Gasteiger partial charge in [0.2, 0.25) is 0 Å². The average Bonchev–Trinajstić information content (AvgIpc) is 2.65. The summed E-state index contributed by atoms with van der Waals surface area (Å²) in [6, 6.07) is 14.4. The molecule has 2 N–H and O–H groups in total. The average molecular weight is 356 g/mol. The van der Waals surface area contributed by atoms with Crippen molar-refractivity contribution in [2.45, 2.75) is 26.7 Å². The van der Waals surface area contributed by atoms with Crippen LogP contribution in [0.5, 0.6) is 11.5 Å². The first-order valence-electron chi connectivity index (χ1n) is 8.55.